The smallest absolute Gasteiger partial charge is 0.210 e. The Kier molecular flexibility index (Phi) is 5.06. The van der Waals surface area contributed by atoms with Crippen molar-refractivity contribution >= 4 is 10.0 Å². The van der Waals surface area contributed by atoms with Gasteiger partial charge in [-0.3, -0.25) is 0 Å². The first kappa shape index (κ1) is 14.9. The van der Waals surface area contributed by atoms with Crippen LogP contribution < -0.4 is 15.2 Å². The summed E-state index contributed by atoms with van der Waals surface area (Å²) < 4.78 is 40.1. The number of halogens is 1. The van der Waals surface area contributed by atoms with E-state index in [9.17, 15) is 12.8 Å². The molecule has 0 saturated heterocycles. The number of sulfonamides is 1. The van der Waals surface area contributed by atoms with Crippen molar-refractivity contribution in [2.75, 3.05) is 19.4 Å². The van der Waals surface area contributed by atoms with Crippen LogP contribution in [0.1, 0.15) is 18.5 Å². The van der Waals surface area contributed by atoms with Gasteiger partial charge in [-0.15, -0.1) is 0 Å². The number of benzene rings is 1. The Hall–Kier alpha value is -1.18. The maximum Gasteiger partial charge on any atom is 0.210 e. The van der Waals surface area contributed by atoms with Gasteiger partial charge in [0.2, 0.25) is 10.0 Å². The van der Waals surface area contributed by atoms with Crippen LogP contribution in [0.15, 0.2) is 18.2 Å². The van der Waals surface area contributed by atoms with Gasteiger partial charge in [0.25, 0.3) is 0 Å². The molecule has 0 heterocycles. The largest absolute Gasteiger partial charge is 0.497 e. The average Bonchev–Trinajstić information content (AvgIpc) is 2.26. The fourth-order valence-electron chi connectivity index (χ4n) is 1.51. The number of nitrogens with two attached hydrogens (primary N) is 1. The van der Waals surface area contributed by atoms with Gasteiger partial charge in [0.05, 0.1) is 12.9 Å². The summed E-state index contributed by atoms with van der Waals surface area (Å²) in [5, 5.41) is 7.76. The number of primary sulfonamides is 1. The van der Waals surface area contributed by atoms with Crippen LogP contribution in [-0.2, 0) is 10.0 Å². The standard InChI is InChI=1S/C11H17FN2O3S/c1-8(14-5-6-18(13,15)16)10-4-3-9(17-2)7-11(10)12/h3-4,7-8,14H,5-6H2,1-2H3,(H2,13,15,16). The lowest BCUT2D eigenvalue weighted by molar-refractivity contribution is 0.409. The van der Waals surface area contributed by atoms with Crippen LogP contribution in [0.3, 0.4) is 0 Å². The van der Waals surface area contributed by atoms with Crippen molar-refractivity contribution in [2.24, 2.45) is 5.14 Å². The first-order valence-electron chi connectivity index (χ1n) is 5.41. The highest BCUT2D eigenvalue weighted by Gasteiger charge is 2.12. The van der Waals surface area contributed by atoms with Gasteiger partial charge in [-0.25, -0.2) is 17.9 Å². The van der Waals surface area contributed by atoms with Crippen LogP contribution in [0.4, 0.5) is 4.39 Å². The molecule has 1 aromatic carbocycles. The fourth-order valence-corrected chi connectivity index (χ4v) is 1.92. The molecule has 1 aromatic rings. The first-order chi connectivity index (χ1) is 8.33. The molecule has 0 aliphatic heterocycles. The third kappa shape index (κ3) is 4.59. The predicted octanol–water partition coefficient (Wildman–Crippen LogP) is 0.773. The minimum absolute atomic E-state index is 0.172. The summed E-state index contributed by atoms with van der Waals surface area (Å²) in [6, 6.07) is 4.23. The molecule has 102 valence electrons. The Morgan fingerprint density at radius 2 is 2.17 bits per heavy atom. The van der Waals surface area contributed by atoms with E-state index in [0.29, 0.717) is 11.3 Å². The van der Waals surface area contributed by atoms with Crippen molar-refractivity contribution in [2.45, 2.75) is 13.0 Å². The molecule has 0 spiro atoms. The summed E-state index contributed by atoms with van der Waals surface area (Å²) in [5.74, 6) is -0.146. The minimum Gasteiger partial charge on any atom is -0.497 e. The Bertz CT molecular complexity index is 505. The maximum absolute atomic E-state index is 13.7. The Morgan fingerprint density at radius 3 is 2.67 bits per heavy atom. The van der Waals surface area contributed by atoms with E-state index in [0.717, 1.165) is 0 Å². The molecule has 1 rings (SSSR count). The van der Waals surface area contributed by atoms with Crippen LogP contribution in [-0.4, -0.2) is 27.8 Å². The Labute approximate surface area is 106 Å². The molecule has 0 bridgehead atoms. The first-order valence-corrected chi connectivity index (χ1v) is 7.12. The van der Waals surface area contributed by atoms with Gasteiger partial charge in [0.1, 0.15) is 11.6 Å². The van der Waals surface area contributed by atoms with Crippen molar-refractivity contribution in [3.63, 3.8) is 0 Å². The van der Waals surface area contributed by atoms with Gasteiger partial charge >= 0.3 is 0 Å². The van der Waals surface area contributed by atoms with Crippen molar-refractivity contribution in [3.8, 4) is 5.75 Å². The normalized spacial score (nSPS) is 13.3. The highest BCUT2D eigenvalue weighted by molar-refractivity contribution is 7.89. The molecule has 1 atom stereocenters. The van der Waals surface area contributed by atoms with Crippen LogP contribution in [0, 0.1) is 5.82 Å². The minimum atomic E-state index is -3.50. The molecule has 7 heteroatoms. The SMILES string of the molecule is COc1ccc(C(C)NCCS(N)(=O)=O)c(F)c1. The number of ether oxygens (including phenoxy) is 1. The topological polar surface area (TPSA) is 81.4 Å². The lowest BCUT2D eigenvalue weighted by Crippen LogP contribution is -2.29. The monoisotopic (exact) mass is 276 g/mol. The van der Waals surface area contributed by atoms with E-state index in [2.05, 4.69) is 5.32 Å². The van der Waals surface area contributed by atoms with Crippen molar-refractivity contribution in [1.82, 2.24) is 5.32 Å². The summed E-state index contributed by atoms with van der Waals surface area (Å²) in [6.07, 6.45) is 0. The van der Waals surface area contributed by atoms with E-state index in [4.69, 9.17) is 9.88 Å². The number of methoxy groups -OCH3 is 1. The average molecular weight is 276 g/mol. The van der Waals surface area contributed by atoms with Crippen molar-refractivity contribution in [1.29, 1.82) is 0 Å². The number of hydrogen-bond donors (Lipinski definition) is 2. The van der Waals surface area contributed by atoms with E-state index < -0.39 is 15.8 Å². The van der Waals surface area contributed by atoms with Gasteiger partial charge < -0.3 is 10.1 Å². The molecule has 0 aliphatic carbocycles. The molecule has 0 aliphatic rings. The van der Waals surface area contributed by atoms with E-state index in [1.165, 1.54) is 13.2 Å². The molecule has 0 amide bonds. The van der Waals surface area contributed by atoms with Crippen LogP contribution in [0.2, 0.25) is 0 Å². The lowest BCUT2D eigenvalue weighted by atomic mass is 10.1. The molecule has 0 saturated carbocycles. The zero-order valence-corrected chi connectivity index (χ0v) is 11.1. The Balaban J connectivity index is 2.64. The second-order valence-electron chi connectivity index (χ2n) is 3.93. The number of rotatable bonds is 6. The van der Waals surface area contributed by atoms with Gasteiger partial charge in [0.15, 0.2) is 0 Å². The maximum atomic E-state index is 13.7. The highest BCUT2D eigenvalue weighted by Crippen LogP contribution is 2.21. The fraction of sp³-hybridized carbons (Fsp3) is 0.455. The Morgan fingerprint density at radius 1 is 1.50 bits per heavy atom. The summed E-state index contributed by atoms with van der Waals surface area (Å²) >= 11 is 0. The van der Waals surface area contributed by atoms with E-state index in [1.807, 2.05) is 0 Å². The zero-order valence-electron chi connectivity index (χ0n) is 10.3. The molecule has 18 heavy (non-hydrogen) atoms. The van der Waals surface area contributed by atoms with E-state index in [1.54, 1.807) is 19.1 Å². The summed E-state index contributed by atoms with van der Waals surface area (Å²) in [6.45, 7) is 1.92. The second-order valence-corrected chi connectivity index (χ2v) is 5.66. The molecular weight excluding hydrogens is 259 g/mol. The lowest BCUT2D eigenvalue weighted by Gasteiger charge is -2.15. The van der Waals surface area contributed by atoms with Crippen LogP contribution in [0.25, 0.3) is 0 Å². The van der Waals surface area contributed by atoms with E-state index >= 15 is 0 Å². The molecule has 5 nitrogen and oxygen atoms in total. The summed E-state index contributed by atoms with van der Waals surface area (Å²) in [7, 11) is -2.04. The molecule has 0 aromatic heterocycles. The third-order valence-electron chi connectivity index (χ3n) is 2.51. The van der Waals surface area contributed by atoms with Gasteiger partial charge in [-0.1, -0.05) is 6.07 Å². The number of hydrogen-bond acceptors (Lipinski definition) is 4. The quantitative estimate of drug-likeness (QED) is 0.804. The van der Waals surface area contributed by atoms with Gasteiger partial charge in [-0.2, -0.15) is 0 Å². The van der Waals surface area contributed by atoms with Gasteiger partial charge in [0, 0.05) is 24.2 Å². The van der Waals surface area contributed by atoms with Crippen LogP contribution in [0.5, 0.6) is 5.75 Å². The zero-order chi connectivity index (χ0) is 13.8. The van der Waals surface area contributed by atoms with Crippen LogP contribution >= 0.6 is 0 Å². The number of nitrogens with one attached hydrogen (secondary N) is 1. The van der Waals surface area contributed by atoms with Gasteiger partial charge in [-0.05, 0) is 13.0 Å². The molecule has 3 N–H and O–H groups in total. The summed E-state index contributed by atoms with van der Waals surface area (Å²) in [5.41, 5.74) is 0.449. The van der Waals surface area contributed by atoms with E-state index in [-0.39, 0.29) is 18.3 Å². The molecule has 1 unspecified atom stereocenters. The van der Waals surface area contributed by atoms with Crippen molar-refractivity contribution < 1.29 is 17.5 Å². The molecule has 0 fully saturated rings. The second kappa shape index (κ2) is 6.12. The molecular formula is C11H17FN2O3S. The highest BCUT2D eigenvalue weighted by atomic mass is 32.2. The summed E-state index contributed by atoms with van der Waals surface area (Å²) in [4.78, 5) is 0. The predicted molar refractivity (Wildman–Crippen MR) is 67.3 cm³/mol. The molecule has 0 radical (unpaired) electrons. The van der Waals surface area contributed by atoms with Crippen molar-refractivity contribution in [3.05, 3.63) is 29.6 Å². The third-order valence-corrected chi connectivity index (χ3v) is 3.28.